The van der Waals surface area contributed by atoms with E-state index in [2.05, 4.69) is 15.2 Å². The van der Waals surface area contributed by atoms with Crippen molar-refractivity contribution in [2.75, 3.05) is 36.4 Å². The van der Waals surface area contributed by atoms with E-state index in [1.54, 1.807) is 37.4 Å². The van der Waals surface area contributed by atoms with Crippen molar-refractivity contribution in [2.24, 2.45) is 0 Å². The average molecular weight is 373 g/mol. The Balaban J connectivity index is 1.72. The van der Waals surface area contributed by atoms with Crippen LogP contribution >= 0.6 is 11.6 Å². The molecule has 6 nitrogen and oxygen atoms in total. The number of carbonyl (C=O) groups is 2. The molecule has 2 amide bonds. The number of rotatable bonds is 3. The fourth-order valence-electron chi connectivity index (χ4n) is 2.91. The molecule has 1 aliphatic heterocycles. The number of halogens is 1. The van der Waals surface area contributed by atoms with Gasteiger partial charge in [-0.15, -0.1) is 0 Å². The van der Waals surface area contributed by atoms with Crippen LogP contribution in [0.1, 0.15) is 22.8 Å². The lowest BCUT2D eigenvalue weighted by Gasteiger charge is -2.35. The van der Waals surface area contributed by atoms with Gasteiger partial charge in [-0.3, -0.25) is 9.59 Å². The summed E-state index contributed by atoms with van der Waals surface area (Å²) in [6.45, 7) is 6.22. The molecule has 0 unspecified atom stereocenters. The van der Waals surface area contributed by atoms with Crippen LogP contribution in [0, 0.1) is 6.92 Å². The number of hydrogen-bond acceptors (Lipinski definition) is 4. The molecule has 26 heavy (non-hydrogen) atoms. The van der Waals surface area contributed by atoms with Gasteiger partial charge >= 0.3 is 0 Å². The van der Waals surface area contributed by atoms with E-state index in [0.717, 1.165) is 11.4 Å². The summed E-state index contributed by atoms with van der Waals surface area (Å²) in [5.41, 5.74) is 2.16. The molecule has 0 radical (unpaired) electrons. The third kappa shape index (κ3) is 4.14. The van der Waals surface area contributed by atoms with Crippen LogP contribution in [0.5, 0.6) is 0 Å². The van der Waals surface area contributed by atoms with E-state index in [1.807, 2.05) is 17.9 Å². The van der Waals surface area contributed by atoms with Crippen molar-refractivity contribution < 1.29 is 9.59 Å². The second kappa shape index (κ2) is 7.74. The number of nitrogens with one attached hydrogen (secondary N) is 1. The fraction of sp³-hybridized carbons (Fsp3) is 0.316. The van der Waals surface area contributed by atoms with Gasteiger partial charge in [0, 0.05) is 55.6 Å². The number of aryl methyl sites for hydroxylation is 1. The van der Waals surface area contributed by atoms with Crippen LogP contribution in [0.25, 0.3) is 0 Å². The quantitative estimate of drug-likeness (QED) is 0.899. The Bertz CT molecular complexity index is 832. The summed E-state index contributed by atoms with van der Waals surface area (Å²) in [5, 5.41) is 3.47. The zero-order valence-corrected chi connectivity index (χ0v) is 15.6. The smallest absolute Gasteiger partial charge is 0.255 e. The standard InChI is InChI=1S/C19H21ClN4O2/c1-13-3-4-16(20)12-17(13)22-19(26)15-5-6-21-18(11-15)24-9-7-23(8-10-24)14(2)25/h3-6,11-12H,7-10H2,1-2H3,(H,22,26). The second-order valence-corrected chi connectivity index (χ2v) is 6.75. The van der Waals surface area contributed by atoms with Crippen LogP contribution in [0.3, 0.4) is 0 Å². The lowest BCUT2D eigenvalue weighted by atomic mass is 10.1. The third-order valence-corrected chi connectivity index (χ3v) is 4.74. The number of piperazine rings is 1. The topological polar surface area (TPSA) is 65.5 Å². The lowest BCUT2D eigenvalue weighted by molar-refractivity contribution is -0.129. The number of anilines is 2. The van der Waals surface area contributed by atoms with Crippen molar-refractivity contribution in [2.45, 2.75) is 13.8 Å². The van der Waals surface area contributed by atoms with E-state index >= 15 is 0 Å². The monoisotopic (exact) mass is 372 g/mol. The third-order valence-electron chi connectivity index (χ3n) is 4.50. The highest BCUT2D eigenvalue weighted by atomic mass is 35.5. The second-order valence-electron chi connectivity index (χ2n) is 6.31. The summed E-state index contributed by atoms with van der Waals surface area (Å²) >= 11 is 6.01. The van der Waals surface area contributed by atoms with Gasteiger partial charge in [0.25, 0.3) is 5.91 Å². The van der Waals surface area contributed by atoms with Gasteiger partial charge in [0.2, 0.25) is 5.91 Å². The number of amides is 2. The van der Waals surface area contributed by atoms with Crippen molar-refractivity contribution >= 4 is 34.9 Å². The molecule has 1 aromatic carbocycles. The van der Waals surface area contributed by atoms with Crippen LogP contribution in [0.15, 0.2) is 36.5 Å². The number of aromatic nitrogens is 1. The molecule has 0 aliphatic carbocycles. The fourth-order valence-corrected chi connectivity index (χ4v) is 3.08. The maximum Gasteiger partial charge on any atom is 0.255 e. The maximum absolute atomic E-state index is 12.6. The highest BCUT2D eigenvalue weighted by Crippen LogP contribution is 2.22. The van der Waals surface area contributed by atoms with Gasteiger partial charge in [0.15, 0.2) is 0 Å². The van der Waals surface area contributed by atoms with E-state index in [4.69, 9.17) is 11.6 Å². The van der Waals surface area contributed by atoms with Crippen LogP contribution in [-0.4, -0.2) is 47.9 Å². The van der Waals surface area contributed by atoms with E-state index in [9.17, 15) is 9.59 Å². The highest BCUT2D eigenvalue weighted by molar-refractivity contribution is 6.31. The molecule has 1 aliphatic rings. The first-order chi connectivity index (χ1) is 12.4. The van der Waals surface area contributed by atoms with Gasteiger partial charge in [0.05, 0.1) is 0 Å². The molecule has 0 atom stereocenters. The summed E-state index contributed by atoms with van der Waals surface area (Å²) in [6.07, 6.45) is 1.63. The molecule has 0 saturated carbocycles. The Morgan fingerprint density at radius 3 is 2.54 bits per heavy atom. The molecular formula is C19H21ClN4O2. The Kier molecular flexibility index (Phi) is 5.42. The van der Waals surface area contributed by atoms with Crippen molar-refractivity contribution in [1.82, 2.24) is 9.88 Å². The van der Waals surface area contributed by atoms with Gasteiger partial charge in [-0.2, -0.15) is 0 Å². The minimum Gasteiger partial charge on any atom is -0.353 e. The van der Waals surface area contributed by atoms with Crippen molar-refractivity contribution in [3.05, 3.63) is 52.7 Å². The molecule has 1 N–H and O–H groups in total. The molecule has 1 saturated heterocycles. The number of nitrogens with zero attached hydrogens (tertiary/aromatic N) is 3. The zero-order valence-electron chi connectivity index (χ0n) is 14.8. The maximum atomic E-state index is 12.6. The van der Waals surface area contributed by atoms with E-state index < -0.39 is 0 Å². The van der Waals surface area contributed by atoms with Crippen LogP contribution in [-0.2, 0) is 4.79 Å². The Labute approximate surface area is 157 Å². The van der Waals surface area contributed by atoms with Gasteiger partial charge in [-0.05, 0) is 36.8 Å². The van der Waals surface area contributed by atoms with Gasteiger partial charge < -0.3 is 15.1 Å². The average Bonchev–Trinajstić information content (AvgIpc) is 2.65. The van der Waals surface area contributed by atoms with Crippen molar-refractivity contribution in [1.29, 1.82) is 0 Å². The number of benzene rings is 1. The van der Waals surface area contributed by atoms with Gasteiger partial charge in [0.1, 0.15) is 5.82 Å². The molecule has 0 bridgehead atoms. The molecule has 0 spiro atoms. The minimum absolute atomic E-state index is 0.0858. The Hall–Kier alpha value is -2.60. The van der Waals surface area contributed by atoms with E-state index in [-0.39, 0.29) is 11.8 Å². The molecule has 2 heterocycles. The first-order valence-corrected chi connectivity index (χ1v) is 8.86. The first kappa shape index (κ1) is 18.2. The Morgan fingerprint density at radius 1 is 1.12 bits per heavy atom. The zero-order chi connectivity index (χ0) is 18.7. The molecule has 2 aromatic rings. The lowest BCUT2D eigenvalue weighted by Crippen LogP contribution is -2.48. The number of hydrogen-bond donors (Lipinski definition) is 1. The summed E-state index contributed by atoms with van der Waals surface area (Å²) < 4.78 is 0. The van der Waals surface area contributed by atoms with Crippen LogP contribution in [0.2, 0.25) is 5.02 Å². The van der Waals surface area contributed by atoms with Crippen LogP contribution in [0.4, 0.5) is 11.5 Å². The summed E-state index contributed by atoms with van der Waals surface area (Å²) in [6, 6.07) is 8.85. The largest absolute Gasteiger partial charge is 0.353 e. The summed E-state index contributed by atoms with van der Waals surface area (Å²) in [7, 11) is 0. The predicted molar refractivity (Wildman–Crippen MR) is 103 cm³/mol. The van der Waals surface area contributed by atoms with E-state index in [1.165, 1.54) is 0 Å². The first-order valence-electron chi connectivity index (χ1n) is 8.48. The van der Waals surface area contributed by atoms with Crippen LogP contribution < -0.4 is 10.2 Å². The summed E-state index contributed by atoms with van der Waals surface area (Å²) in [5.74, 6) is 0.618. The predicted octanol–water partition coefficient (Wildman–Crippen LogP) is 2.96. The highest BCUT2D eigenvalue weighted by Gasteiger charge is 2.20. The van der Waals surface area contributed by atoms with Gasteiger partial charge in [-0.1, -0.05) is 17.7 Å². The molecule has 136 valence electrons. The minimum atomic E-state index is -0.207. The normalized spacial score (nSPS) is 14.3. The molecule has 1 fully saturated rings. The SMILES string of the molecule is CC(=O)N1CCN(c2cc(C(=O)Nc3cc(Cl)ccc3C)ccn2)CC1. The molecule has 1 aromatic heterocycles. The molecule has 3 rings (SSSR count). The Morgan fingerprint density at radius 2 is 1.85 bits per heavy atom. The summed E-state index contributed by atoms with van der Waals surface area (Å²) in [4.78, 5) is 32.3. The number of pyridine rings is 1. The van der Waals surface area contributed by atoms with Crippen molar-refractivity contribution in [3.8, 4) is 0 Å². The molecule has 7 heteroatoms. The van der Waals surface area contributed by atoms with Gasteiger partial charge in [-0.25, -0.2) is 4.98 Å². The number of carbonyl (C=O) groups excluding carboxylic acids is 2. The van der Waals surface area contributed by atoms with E-state index in [0.29, 0.717) is 42.5 Å². The molecular weight excluding hydrogens is 352 g/mol. The van der Waals surface area contributed by atoms with Crippen molar-refractivity contribution in [3.63, 3.8) is 0 Å².